The van der Waals surface area contributed by atoms with Gasteiger partial charge in [-0.25, -0.2) is 9.78 Å². The Morgan fingerprint density at radius 2 is 2.00 bits per heavy atom. The Balaban J connectivity index is 2.09. The van der Waals surface area contributed by atoms with Gasteiger partial charge in [0.15, 0.2) is 11.5 Å². The van der Waals surface area contributed by atoms with E-state index in [1.807, 2.05) is 12.1 Å². The lowest BCUT2D eigenvalue weighted by Gasteiger charge is -2.11. The molecule has 7 nitrogen and oxygen atoms in total. The summed E-state index contributed by atoms with van der Waals surface area (Å²) in [6.07, 6.45) is 0.364. The fourth-order valence-corrected chi connectivity index (χ4v) is 3.06. The predicted octanol–water partition coefficient (Wildman–Crippen LogP) is 2.35. The van der Waals surface area contributed by atoms with Crippen molar-refractivity contribution < 1.29 is 24.2 Å². The number of carboxylic acid groups (broad SMARTS) is 1. The van der Waals surface area contributed by atoms with Crippen LogP contribution in [0.3, 0.4) is 0 Å². The van der Waals surface area contributed by atoms with Crippen LogP contribution in [-0.2, 0) is 16.0 Å². The largest absolute Gasteiger partial charge is 0.493 e. The highest BCUT2D eigenvalue weighted by Crippen LogP contribution is 2.33. The van der Waals surface area contributed by atoms with Gasteiger partial charge in [-0.3, -0.25) is 4.79 Å². The van der Waals surface area contributed by atoms with E-state index in [2.05, 4.69) is 10.3 Å². The predicted molar refractivity (Wildman–Crippen MR) is 94.2 cm³/mol. The third kappa shape index (κ3) is 4.69. The van der Waals surface area contributed by atoms with E-state index in [-0.39, 0.29) is 12.3 Å². The maximum Gasteiger partial charge on any atom is 0.326 e. The summed E-state index contributed by atoms with van der Waals surface area (Å²) >= 11 is 1.40. The highest BCUT2D eigenvalue weighted by atomic mass is 32.1. The molecule has 25 heavy (non-hydrogen) atoms. The Hall–Kier alpha value is -2.61. The fourth-order valence-electron chi connectivity index (χ4n) is 2.24. The number of rotatable bonds is 8. The smallest absolute Gasteiger partial charge is 0.326 e. The Bertz CT molecular complexity index is 759. The van der Waals surface area contributed by atoms with E-state index in [4.69, 9.17) is 14.6 Å². The molecule has 0 aliphatic carbocycles. The third-order valence-corrected chi connectivity index (χ3v) is 4.51. The molecule has 0 aliphatic rings. The number of carbonyl (C=O) groups is 2. The highest BCUT2D eigenvalue weighted by Gasteiger charge is 2.18. The van der Waals surface area contributed by atoms with E-state index in [9.17, 15) is 9.59 Å². The van der Waals surface area contributed by atoms with Crippen LogP contribution in [0.2, 0.25) is 0 Å². The van der Waals surface area contributed by atoms with Gasteiger partial charge in [0.2, 0.25) is 5.91 Å². The minimum atomic E-state index is -1.04. The normalized spacial score (nSPS) is 11.6. The highest BCUT2D eigenvalue weighted by molar-refractivity contribution is 7.13. The van der Waals surface area contributed by atoms with Crippen LogP contribution in [0, 0.1) is 0 Å². The van der Waals surface area contributed by atoms with Crippen LogP contribution in [0.15, 0.2) is 23.6 Å². The summed E-state index contributed by atoms with van der Waals surface area (Å²) in [4.78, 5) is 27.4. The summed E-state index contributed by atoms with van der Waals surface area (Å²) in [6.45, 7) is 1.71. The van der Waals surface area contributed by atoms with Crippen molar-refractivity contribution in [2.24, 2.45) is 0 Å². The average molecular weight is 364 g/mol. The number of thiazole rings is 1. The summed E-state index contributed by atoms with van der Waals surface area (Å²) in [6, 6.07) is 4.60. The zero-order valence-corrected chi connectivity index (χ0v) is 15.1. The van der Waals surface area contributed by atoms with Crippen molar-refractivity contribution in [3.63, 3.8) is 0 Å². The number of nitrogens with zero attached hydrogens (tertiary/aromatic N) is 1. The van der Waals surface area contributed by atoms with Crippen LogP contribution in [-0.4, -0.2) is 42.2 Å². The van der Waals surface area contributed by atoms with Crippen molar-refractivity contribution in [1.82, 2.24) is 10.3 Å². The Morgan fingerprint density at radius 3 is 2.60 bits per heavy atom. The number of carbonyl (C=O) groups excluding carboxylic acids is 1. The summed E-state index contributed by atoms with van der Waals surface area (Å²) < 4.78 is 10.5. The SMILES string of the molecule is CCC(NC(=O)Cc1csc(-c2ccc(OC)c(OC)c2)n1)C(=O)O. The molecule has 1 aromatic carbocycles. The number of hydrogen-bond acceptors (Lipinski definition) is 6. The quantitative estimate of drug-likeness (QED) is 0.746. The van der Waals surface area contributed by atoms with E-state index in [1.54, 1.807) is 32.6 Å². The zero-order valence-electron chi connectivity index (χ0n) is 14.2. The first kappa shape index (κ1) is 18.7. The van der Waals surface area contributed by atoms with E-state index in [0.717, 1.165) is 10.6 Å². The van der Waals surface area contributed by atoms with Crippen molar-refractivity contribution >= 4 is 23.2 Å². The van der Waals surface area contributed by atoms with Crippen molar-refractivity contribution in [2.75, 3.05) is 14.2 Å². The van der Waals surface area contributed by atoms with Gasteiger partial charge in [0.05, 0.1) is 26.3 Å². The molecule has 1 atom stereocenters. The molecule has 2 N–H and O–H groups in total. The van der Waals surface area contributed by atoms with Crippen LogP contribution in [0.25, 0.3) is 10.6 Å². The molecule has 0 saturated heterocycles. The van der Waals surface area contributed by atoms with Gasteiger partial charge >= 0.3 is 5.97 Å². The van der Waals surface area contributed by atoms with Crippen molar-refractivity contribution in [2.45, 2.75) is 25.8 Å². The molecule has 1 heterocycles. The first-order valence-corrected chi connectivity index (χ1v) is 8.55. The van der Waals surface area contributed by atoms with Gasteiger partial charge in [0.1, 0.15) is 11.0 Å². The van der Waals surface area contributed by atoms with Crippen LogP contribution >= 0.6 is 11.3 Å². The Kier molecular flexibility index (Phi) is 6.35. The van der Waals surface area contributed by atoms with Gasteiger partial charge in [-0.15, -0.1) is 11.3 Å². The van der Waals surface area contributed by atoms with Crippen molar-refractivity contribution in [3.8, 4) is 22.1 Å². The van der Waals surface area contributed by atoms with Crippen LogP contribution in [0.1, 0.15) is 19.0 Å². The van der Waals surface area contributed by atoms with E-state index < -0.39 is 12.0 Å². The molecule has 0 saturated carbocycles. The van der Waals surface area contributed by atoms with E-state index >= 15 is 0 Å². The maximum atomic E-state index is 12.0. The first-order chi connectivity index (χ1) is 12.0. The Labute approximate surface area is 149 Å². The minimum absolute atomic E-state index is 0.0353. The number of ether oxygens (including phenoxy) is 2. The third-order valence-electron chi connectivity index (χ3n) is 3.57. The number of aliphatic carboxylic acids is 1. The molecule has 1 unspecified atom stereocenters. The lowest BCUT2D eigenvalue weighted by atomic mass is 10.2. The maximum absolute atomic E-state index is 12.0. The molecule has 8 heteroatoms. The monoisotopic (exact) mass is 364 g/mol. The van der Waals surface area contributed by atoms with Gasteiger partial charge in [0, 0.05) is 10.9 Å². The molecule has 0 aliphatic heterocycles. The summed E-state index contributed by atoms with van der Waals surface area (Å²) in [5.41, 5.74) is 1.44. The summed E-state index contributed by atoms with van der Waals surface area (Å²) in [7, 11) is 3.13. The standard InChI is InChI=1S/C17H20N2O5S/c1-4-12(17(21)22)19-15(20)8-11-9-25-16(18-11)10-5-6-13(23-2)14(7-10)24-3/h5-7,9,12H,4,8H2,1-3H3,(H,19,20)(H,21,22). The molecule has 0 bridgehead atoms. The first-order valence-electron chi connectivity index (χ1n) is 7.67. The number of hydrogen-bond donors (Lipinski definition) is 2. The van der Waals surface area contributed by atoms with Crippen LogP contribution in [0.4, 0.5) is 0 Å². The number of aromatic nitrogens is 1. The van der Waals surface area contributed by atoms with Gasteiger partial charge < -0.3 is 19.9 Å². The molecule has 0 fully saturated rings. The molecule has 0 radical (unpaired) electrons. The Morgan fingerprint density at radius 1 is 1.28 bits per heavy atom. The number of amides is 1. The summed E-state index contributed by atoms with van der Waals surface area (Å²) in [5.74, 6) is -0.179. The molecule has 1 aromatic heterocycles. The van der Waals surface area contributed by atoms with E-state index in [1.165, 1.54) is 11.3 Å². The summed E-state index contributed by atoms with van der Waals surface area (Å²) in [5, 5.41) is 14.0. The number of methoxy groups -OCH3 is 2. The van der Waals surface area contributed by atoms with Crippen LogP contribution < -0.4 is 14.8 Å². The average Bonchev–Trinajstić information content (AvgIpc) is 3.07. The second kappa shape index (κ2) is 8.48. The fraction of sp³-hybridized carbons (Fsp3) is 0.353. The number of nitrogens with one attached hydrogen (secondary N) is 1. The second-order valence-electron chi connectivity index (χ2n) is 5.26. The van der Waals surface area contributed by atoms with Gasteiger partial charge in [-0.05, 0) is 24.6 Å². The number of carboxylic acids is 1. The topological polar surface area (TPSA) is 97.8 Å². The zero-order chi connectivity index (χ0) is 18.4. The molecular formula is C17H20N2O5S. The molecule has 0 spiro atoms. The number of benzene rings is 1. The van der Waals surface area contributed by atoms with Gasteiger partial charge in [-0.2, -0.15) is 0 Å². The van der Waals surface area contributed by atoms with Gasteiger partial charge in [-0.1, -0.05) is 6.92 Å². The molecule has 134 valence electrons. The molecule has 2 rings (SSSR count). The van der Waals surface area contributed by atoms with Crippen LogP contribution in [0.5, 0.6) is 11.5 Å². The van der Waals surface area contributed by atoms with Gasteiger partial charge in [0.25, 0.3) is 0 Å². The van der Waals surface area contributed by atoms with Crippen molar-refractivity contribution in [1.29, 1.82) is 0 Å². The lowest BCUT2D eigenvalue weighted by Crippen LogP contribution is -2.41. The van der Waals surface area contributed by atoms with E-state index in [0.29, 0.717) is 23.6 Å². The second-order valence-corrected chi connectivity index (χ2v) is 6.12. The molecule has 1 amide bonds. The minimum Gasteiger partial charge on any atom is -0.493 e. The van der Waals surface area contributed by atoms with Crippen molar-refractivity contribution in [3.05, 3.63) is 29.3 Å². The molecular weight excluding hydrogens is 344 g/mol. The lowest BCUT2D eigenvalue weighted by molar-refractivity contribution is -0.141. The molecule has 2 aromatic rings.